The van der Waals surface area contributed by atoms with Crippen molar-refractivity contribution >= 4 is 5.97 Å². The van der Waals surface area contributed by atoms with E-state index in [1.54, 1.807) is 7.11 Å². The first-order valence-electron chi connectivity index (χ1n) is 6.48. The average Bonchev–Trinajstić information content (AvgIpc) is 2.46. The van der Waals surface area contributed by atoms with Crippen LogP contribution in [0.5, 0.6) is 5.75 Å². The van der Waals surface area contributed by atoms with E-state index in [0.717, 1.165) is 25.0 Å². The number of rotatable bonds is 3. The number of methoxy groups -OCH3 is 2. The van der Waals surface area contributed by atoms with E-state index in [9.17, 15) is 4.79 Å². The SMILES string of the molecule is COC(=O)[C@H]1CCCC[C@@H]1c1ccc(OC)cc1. The molecule has 18 heavy (non-hydrogen) atoms. The van der Waals surface area contributed by atoms with Gasteiger partial charge in [0.1, 0.15) is 5.75 Å². The Morgan fingerprint density at radius 2 is 1.78 bits per heavy atom. The zero-order valence-electron chi connectivity index (χ0n) is 11.0. The first kappa shape index (κ1) is 12.9. The number of hydrogen-bond donors (Lipinski definition) is 0. The summed E-state index contributed by atoms with van der Waals surface area (Å²) in [5.41, 5.74) is 1.21. The summed E-state index contributed by atoms with van der Waals surface area (Å²) in [7, 11) is 3.13. The lowest BCUT2D eigenvalue weighted by Gasteiger charge is -2.29. The summed E-state index contributed by atoms with van der Waals surface area (Å²) in [5.74, 6) is 1.08. The maximum absolute atomic E-state index is 11.8. The molecule has 1 aromatic carbocycles. The van der Waals surface area contributed by atoms with E-state index in [0.29, 0.717) is 0 Å². The molecule has 1 saturated carbocycles. The minimum absolute atomic E-state index is 0.0112. The highest BCUT2D eigenvalue weighted by Crippen LogP contribution is 2.38. The first-order valence-corrected chi connectivity index (χ1v) is 6.48. The van der Waals surface area contributed by atoms with Gasteiger partial charge in [-0.15, -0.1) is 0 Å². The van der Waals surface area contributed by atoms with Gasteiger partial charge >= 0.3 is 5.97 Å². The zero-order valence-corrected chi connectivity index (χ0v) is 11.0. The molecule has 2 atom stereocenters. The van der Waals surface area contributed by atoms with Crippen LogP contribution in [0.4, 0.5) is 0 Å². The van der Waals surface area contributed by atoms with Gasteiger partial charge in [0.15, 0.2) is 0 Å². The van der Waals surface area contributed by atoms with E-state index in [4.69, 9.17) is 9.47 Å². The van der Waals surface area contributed by atoms with Crippen molar-refractivity contribution in [2.45, 2.75) is 31.6 Å². The van der Waals surface area contributed by atoms with Crippen LogP contribution in [-0.2, 0) is 9.53 Å². The fraction of sp³-hybridized carbons (Fsp3) is 0.533. The van der Waals surface area contributed by atoms with Crippen molar-refractivity contribution in [2.24, 2.45) is 5.92 Å². The molecule has 1 fully saturated rings. The Morgan fingerprint density at radius 1 is 1.11 bits per heavy atom. The van der Waals surface area contributed by atoms with Crippen LogP contribution in [0, 0.1) is 5.92 Å². The highest BCUT2D eigenvalue weighted by molar-refractivity contribution is 5.73. The Bertz CT molecular complexity index is 397. The Morgan fingerprint density at radius 3 is 2.39 bits per heavy atom. The summed E-state index contributed by atoms with van der Waals surface area (Å²) in [6.45, 7) is 0. The highest BCUT2D eigenvalue weighted by Gasteiger charge is 2.32. The van der Waals surface area contributed by atoms with Crippen LogP contribution < -0.4 is 4.74 Å². The third-order valence-electron chi connectivity index (χ3n) is 3.81. The van der Waals surface area contributed by atoms with Crippen LogP contribution in [0.15, 0.2) is 24.3 Å². The molecule has 0 bridgehead atoms. The van der Waals surface area contributed by atoms with Gasteiger partial charge in [0, 0.05) is 0 Å². The van der Waals surface area contributed by atoms with Crippen molar-refractivity contribution in [3.05, 3.63) is 29.8 Å². The zero-order chi connectivity index (χ0) is 13.0. The van der Waals surface area contributed by atoms with Crippen LogP contribution in [-0.4, -0.2) is 20.2 Å². The monoisotopic (exact) mass is 248 g/mol. The van der Waals surface area contributed by atoms with Gasteiger partial charge < -0.3 is 9.47 Å². The molecule has 0 aliphatic heterocycles. The van der Waals surface area contributed by atoms with Crippen molar-refractivity contribution in [3.8, 4) is 5.75 Å². The van der Waals surface area contributed by atoms with Gasteiger partial charge in [-0.25, -0.2) is 0 Å². The fourth-order valence-corrected chi connectivity index (χ4v) is 2.81. The van der Waals surface area contributed by atoms with Gasteiger partial charge in [0.25, 0.3) is 0 Å². The minimum atomic E-state index is -0.0736. The summed E-state index contributed by atoms with van der Waals surface area (Å²) in [6.07, 6.45) is 4.30. The predicted octanol–water partition coefficient (Wildman–Crippen LogP) is 3.14. The van der Waals surface area contributed by atoms with E-state index >= 15 is 0 Å². The molecule has 1 aromatic rings. The number of carbonyl (C=O) groups excluding carboxylic acids is 1. The van der Waals surface area contributed by atoms with E-state index in [1.807, 2.05) is 12.1 Å². The lowest BCUT2D eigenvalue weighted by Crippen LogP contribution is -2.26. The van der Waals surface area contributed by atoms with Crippen molar-refractivity contribution in [2.75, 3.05) is 14.2 Å². The largest absolute Gasteiger partial charge is 0.497 e. The molecule has 2 rings (SSSR count). The molecule has 0 amide bonds. The normalized spacial score (nSPS) is 23.4. The average molecular weight is 248 g/mol. The number of hydrogen-bond acceptors (Lipinski definition) is 3. The number of ether oxygens (including phenoxy) is 2. The van der Waals surface area contributed by atoms with Gasteiger partial charge in [0.05, 0.1) is 20.1 Å². The molecule has 98 valence electrons. The maximum Gasteiger partial charge on any atom is 0.309 e. The molecule has 1 aliphatic carbocycles. The molecule has 0 N–H and O–H groups in total. The molecule has 0 spiro atoms. The molecule has 0 saturated heterocycles. The Balaban J connectivity index is 2.19. The Labute approximate surface area is 108 Å². The summed E-state index contributed by atoms with van der Waals surface area (Å²) in [4.78, 5) is 11.8. The Hall–Kier alpha value is -1.51. The summed E-state index contributed by atoms with van der Waals surface area (Å²) >= 11 is 0. The number of carbonyl (C=O) groups is 1. The minimum Gasteiger partial charge on any atom is -0.497 e. The topological polar surface area (TPSA) is 35.5 Å². The predicted molar refractivity (Wildman–Crippen MR) is 69.7 cm³/mol. The molecule has 0 aromatic heterocycles. The fourth-order valence-electron chi connectivity index (χ4n) is 2.81. The highest BCUT2D eigenvalue weighted by atomic mass is 16.5. The van der Waals surface area contributed by atoms with Crippen LogP contribution in [0.2, 0.25) is 0 Å². The van der Waals surface area contributed by atoms with Gasteiger partial charge in [-0.05, 0) is 36.5 Å². The standard InChI is InChI=1S/C15H20O3/c1-17-12-9-7-11(8-10-12)13-5-3-4-6-14(13)15(16)18-2/h7-10,13-14H,3-6H2,1-2H3/t13-,14+/m1/s1. The molecular weight excluding hydrogens is 228 g/mol. The molecule has 3 nitrogen and oxygen atoms in total. The second kappa shape index (κ2) is 5.89. The summed E-state index contributed by atoms with van der Waals surface area (Å²) in [5, 5.41) is 0. The molecule has 3 heteroatoms. The second-order valence-corrected chi connectivity index (χ2v) is 4.79. The van der Waals surface area contributed by atoms with Crippen molar-refractivity contribution in [1.29, 1.82) is 0 Å². The van der Waals surface area contributed by atoms with Gasteiger partial charge in [-0.1, -0.05) is 25.0 Å². The summed E-state index contributed by atoms with van der Waals surface area (Å²) < 4.78 is 10.1. The lowest BCUT2D eigenvalue weighted by atomic mass is 9.75. The lowest BCUT2D eigenvalue weighted by molar-refractivity contribution is -0.147. The van der Waals surface area contributed by atoms with Crippen LogP contribution >= 0.6 is 0 Å². The van der Waals surface area contributed by atoms with Crippen LogP contribution in [0.3, 0.4) is 0 Å². The Kier molecular flexibility index (Phi) is 4.24. The van der Waals surface area contributed by atoms with Crippen LogP contribution in [0.1, 0.15) is 37.2 Å². The number of esters is 1. The molecule has 0 radical (unpaired) electrons. The molecule has 0 unspecified atom stereocenters. The third kappa shape index (κ3) is 2.66. The van der Waals surface area contributed by atoms with Crippen molar-refractivity contribution in [3.63, 3.8) is 0 Å². The third-order valence-corrected chi connectivity index (χ3v) is 3.81. The van der Waals surface area contributed by atoms with Crippen molar-refractivity contribution in [1.82, 2.24) is 0 Å². The molecule has 0 heterocycles. The van der Waals surface area contributed by atoms with Gasteiger partial charge in [-0.2, -0.15) is 0 Å². The van der Waals surface area contributed by atoms with Gasteiger partial charge in [0.2, 0.25) is 0 Å². The van der Waals surface area contributed by atoms with E-state index < -0.39 is 0 Å². The van der Waals surface area contributed by atoms with E-state index in [-0.39, 0.29) is 17.8 Å². The van der Waals surface area contributed by atoms with E-state index in [2.05, 4.69) is 12.1 Å². The van der Waals surface area contributed by atoms with E-state index in [1.165, 1.54) is 19.1 Å². The number of benzene rings is 1. The molecule has 1 aliphatic rings. The van der Waals surface area contributed by atoms with Crippen LogP contribution in [0.25, 0.3) is 0 Å². The first-order chi connectivity index (χ1) is 8.76. The smallest absolute Gasteiger partial charge is 0.309 e. The maximum atomic E-state index is 11.8. The second-order valence-electron chi connectivity index (χ2n) is 4.79. The quantitative estimate of drug-likeness (QED) is 0.771. The van der Waals surface area contributed by atoms with Crippen molar-refractivity contribution < 1.29 is 14.3 Å². The van der Waals surface area contributed by atoms with Gasteiger partial charge in [-0.3, -0.25) is 4.79 Å². The summed E-state index contributed by atoms with van der Waals surface area (Å²) in [6, 6.07) is 8.03. The molecular formula is C15H20O3.